The predicted molar refractivity (Wildman–Crippen MR) is 85.8 cm³/mol. The number of benzene rings is 1. The van der Waals surface area contributed by atoms with Crippen molar-refractivity contribution in [1.29, 1.82) is 0 Å². The highest BCUT2D eigenvalue weighted by Gasteiger charge is 2.25. The second-order valence-corrected chi connectivity index (χ2v) is 5.81. The van der Waals surface area contributed by atoms with Gasteiger partial charge in [-0.05, 0) is 43.9 Å². The van der Waals surface area contributed by atoms with Gasteiger partial charge in [0.1, 0.15) is 5.82 Å². The topological polar surface area (TPSA) is 15.3 Å². The minimum absolute atomic E-state index is 0.130. The van der Waals surface area contributed by atoms with Crippen LogP contribution in [0.1, 0.15) is 40.5 Å². The van der Waals surface area contributed by atoms with Gasteiger partial charge in [-0.2, -0.15) is 0 Å². The van der Waals surface area contributed by atoms with Crippen LogP contribution in [0.5, 0.6) is 0 Å². The zero-order chi connectivity index (χ0) is 15.0. The molecule has 0 spiro atoms. The molecule has 0 amide bonds. The highest BCUT2D eigenvalue weighted by molar-refractivity contribution is 5.47. The van der Waals surface area contributed by atoms with Crippen LogP contribution in [-0.4, -0.2) is 26.2 Å². The molecule has 1 atom stereocenters. The minimum atomic E-state index is -0.130. The van der Waals surface area contributed by atoms with Gasteiger partial charge in [0, 0.05) is 19.6 Å². The van der Waals surface area contributed by atoms with Crippen LogP contribution in [0.4, 0.5) is 10.1 Å². The Labute approximate surface area is 123 Å². The Morgan fingerprint density at radius 1 is 1.20 bits per heavy atom. The monoisotopic (exact) mass is 280 g/mol. The number of hydrogen-bond donors (Lipinski definition) is 1. The molecule has 0 saturated carbocycles. The van der Waals surface area contributed by atoms with E-state index in [-0.39, 0.29) is 11.2 Å². The standard InChI is InChI=1S/C17H29FN2/c1-5-12-19-13-17(4,6-2)14-20(7-3)16-11-9-8-10-15(16)18/h8-11,19H,5-7,12-14H2,1-4H3. The SMILES string of the molecule is CCCNCC(C)(CC)CN(CC)c1ccccc1F. The number of halogens is 1. The predicted octanol–water partition coefficient (Wildman–Crippen LogP) is 4.07. The van der Waals surface area contributed by atoms with Crippen LogP contribution in [0.25, 0.3) is 0 Å². The lowest BCUT2D eigenvalue weighted by atomic mass is 9.86. The fraction of sp³-hybridized carbons (Fsp3) is 0.647. The van der Waals surface area contributed by atoms with E-state index in [1.165, 1.54) is 6.07 Å². The first-order chi connectivity index (χ1) is 9.56. The summed E-state index contributed by atoms with van der Waals surface area (Å²) in [6, 6.07) is 7.05. The molecule has 0 heterocycles. The highest BCUT2D eigenvalue weighted by atomic mass is 19.1. The van der Waals surface area contributed by atoms with Gasteiger partial charge < -0.3 is 10.2 Å². The van der Waals surface area contributed by atoms with Crippen LogP contribution in [0.15, 0.2) is 24.3 Å². The van der Waals surface area contributed by atoms with E-state index < -0.39 is 0 Å². The van der Waals surface area contributed by atoms with E-state index in [0.717, 1.165) is 39.0 Å². The van der Waals surface area contributed by atoms with Crippen LogP contribution >= 0.6 is 0 Å². The normalized spacial score (nSPS) is 14.1. The van der Waals surface area contributed by atoms with Crippen molar-refractivity contribution in [2.24, 2.45) is 5.41 Å². The number of nitrogens with zero attached hydrogens (tertiary/aromatic N) is 1. The molecule has 0 aliphatic rings. The van der Waals surface area contributed by atoms with Crippen molar-refractivity contribution in [2.75, 3.05) is 31.1 Å². The van der Waals surface area contributed by atoms with Crippen LogP contribution in [0, 0.1) is 11.2 Å². The van der Waals surface area contributed by atoms with Gasteiger partial charge in [-0.25, -0.2) is 4.39 Å². The Morgan fingerprint density at radius 2 is 1.90 bits per heavy atom. The number of para-hydroxylation sites is 1. The molecule has 0 bridgehead atoms. The summed E-state index contributed by atoms with van der Waals surface area (Å²) in [4.78, 5) is 2.15. The Balaban J connectivity index is 2.77. The quantitative estimate of drug-likeness (QED) is 0.686. The Kier molecular flexibility index (Phi) is 7.00. The van der Waals surface area contributed by atoms with Gasteiger partial charge in [-0.15, -0.1) is 0 Å². The molecule has 1 unspecified atom stereocenters. The zero-order valence-corrected chi connectivity index (χ0v) is 13.4. The first-order valence-corrected chi connectivity index (χ1v) is 7.76. The van der Waals surface area contributed by atoms with Gasteiger partial charge in [0.2, 0.25) is 0 Å². The summed E-state index contributed by atoms with van der Waals surface area (Å²) in [7, 11) is 0. The van der Waals surface area contributed by atoms with E-state index in [2.05, 4.69) is 37.9 Å². The number of anilines is 1. The molecule has 0 fully saturated rings. The lowest BCUT2D eigenvalue weighted by molar-refractivity contribution is 0.296. The Bertz CT molecular complexity index is 394. The van der Waals surface area contributed by atoms with Crippen molar-refractivity contribution < 1.29 is 4.39 Å². The Hall–Kier alpha value is -1.09. The molecular weight excluding hydrogens is 251 g/mol. The van der Waals surface area contributed by atoms with Crippen molar-refractivity contribution in [3.05, 3.63) is 30.1 Å². The van der Waals surface area contributed by atoms with E-state index in [1.807, 2.05) is 12.1 Å². The minimum Gasteiger partial charge on any atom is -0.369 e. The molecule has 20 heavy (non-hydrogen) atoms. The first kappa shape index (κ1) is 17.0. The van der Waals surface area contributed by atoms with Crippen molar-refractivity contribution in [3.8, 4) is 0 Å². The maximum absolute atomic E-state index is 14.0. The average Bonchev–Trinajstić information content (AvgIpc) is 2.46. The molecule has 114 valence electrons. The van der Waals surface area contributed by atoms with E-state index in [4.69, 9.17) is 0 Å². The molecule has 0 saturated heterocycles. The lowest BCUT2D eigenvalue weighted by Crippen LogP contribution is -2.42. The molecule has 0 radical (unpaired) electrons. The van der Waals surface area contributed by atoms with Crippen molar-refractivity contribution >= 4 is 5.69 Å². The number of hydrogen-bond acceptors (Lipinski definition) is 2. The van der Waals surface area contributed by atoms with Crippen LogP contribution < -0.4 is 10.2 Å². The second kappa shape index (κ2) is 8.25. The number of nitrogens with one attached hydrogen (secondary N) is 1. The fourth-order valence-electron chi connectivity index (χ4n) is 2.40. The summed E-state index contributed by atoms with van der Waals surface area (Å²) >= 11 is 0. The van der Waals surface area contributed by atoms with E-state index >= 15 is 0 Å². The summed E-state index contributed by atoms with van der Waals surface area (Å²) in [6.07, 6.45) is 2.22. The second-order valence-electron chi connectivity index (χ2n) is 5.81. The molecule has 2 nitrogen and oxygen atoms in total. The molecule has 0 aromatic heterocycles. The summed E-state index contributed by atoms with van der Waals surface area (Å²) in [5, 5.41) is 3.50. The molecule has 1 rings (SSSR count). The number of rotatable bonds is 9. The van der Waals surface area contributed by atoms with Crippen LogP contribution in [0.3, 0.4) is 0 Å². The van der Waals surface area contributed by atoms with Crippen LogP contribution in [0.2, 0.25) is 0 Å². The molecule has 1 aromatic rings. The first-order valence-electron chi connectivity index (χ1n) is 7.76. The molecule has 0 aliphatic carbocycles. The average molecular weight is 280 g/mol. The summed E-state index contributed by atoms with van der Waals surface area (Å²) in [5.74, 6) is -0.130. The molecule has 3 heteroatoms. The smallest absolute Gasteiger partial charge is 0.146 e. The molecule has 1 aromatic carbocycles. The summed E-state index contributed by atoms with van der Waals surface area (Å²) in [5.41, 5.74) is 0.873. The van der Waals surface area contributed by atoms with Gasteiger partial charge in [0.05, 0.1) is 5.69 Å². The molecular formula is C17H29FN2. The zero-order valence-electron chi connectivity index (χ0n) is 13.4. The highest BCUT2D eigenvalue weighted by Crippen LogP contribution is 2.26. The third-order valence-electron chi connectivity index (χ3n) is 3.98. The fourth-order valence-corrected chi connectivity index (χ4v) is 2.40. The van der Waals surface area contributed by atoms with Crippen LogP contribution in [-0.2, 0) is 0 Å². The summed E-state index contributed by atoms with van der Waals surface area (Å²) < 4.78 is 14.0. The van der Waals surface area contributed by atoms with Gasteiger partial charge in [-0.1, -0.05) is 32.9 Å². The van der Waals surface area contributed by atoms with Gasteiger partial charge in [-0.3, -0.25) is 0 Å². The van der Waals surface area contributed by atoms with Gasteiger partial charge in [0.25, 0.3) is 0 Å². The van der Waals surface area contributed by atoms with E-state index in [1.54, 1.807) is 6.07 Å². The molecule has 0 aliphatic heterocycles. The van der Waals surface area contributed by atoms with E-state index in [9.17, 15) is 4.39 Å². The van der Waals surface area contributed by atoms with Crippen molar-refractivity contribution in [2.45, 2.75) is 40.5 Å². The van der Waals surface area contributed by atoms with Gasteiger partial charge >= 0.3 is 0 Å². The van der Waals surface area contributed by atoms with Crippen molar-refractivity contribution in [1.82, 2.24) is 5.32 Å². The maximum Gasteiger partial charge on any atom is 0.146 e. The van der Waals surface area contributed by atoms with Crippen molar-refractivity contribution in [3.63, 3.8) is 0 Å². The molecule has 1 N–H and O–H groups in total. The lowest BCUT2D eigenvalue weighted by Gasteiger charge is -2.36. The largest absolute Gasteiger partial charge is 0.369 e. The Morgan fingerprint density at radius 3 is 2.45 bits per heavy atom. The van der Waals surface area contributed by atoms with Gasteiger partial charge in [0.15, 0.2) is 0 Å². The van der Waals surface area contributed by atoms with E-state index in [0.29, 0.717) is 5.69 Å². The maximum atomic E-state index is 14.0. The third kappa shape index (κ3) is 4.78. The third-order valence-corrected chi connectivity index (χ3v) is 3.98. The summed E-state index contributed by atoms with van der Waals surface area (Å²) in [6.45, 7) is 12.5.